The minimum absolute atomic E-state index is 0.0402. The fourth-order valence-corrected chi connectivity index (χ4v) is 2.82. The van der Waals surface area contributed by atoms with Gasteiger partial charge in [-0.1, -0.05) is 5.21 Å². The SMILES string of the molecule is CC(O)c1cn(C2CN(C(=O)c3cc(-c4ccc(F)cc4)n[nH]3)C2)nn1. The van der Waals surface area contributed by atoms with E-state index in [1.165, 1.54) is 12.1 Å². The zero-order chi connectivity index (χ0) is 18.3. The molecule has 134 valence electrons. The fourth-order valence-electron chi connectivity index (χ4n) is 2.82. The number of likely N-dealkylation sites (tertiary alicyclic amines) is 1. The number of aliphatic hydroxyl groups is 1. The van der Waals surface area contributed by atoms with E-state index in [2.05, 4.69) is 20.5 Å². The summed E-state index contributed by atoms with van der Waals surface area (Å²) < 4.78 is 14.7. The molecule has 2 N–H and O–H groups in total. The van der Waals surface area contributed by atoms with Crippen LogP contribution in [-0.2, 0) is 0 Å². The number of aromatic amines is 1. The highest BCUT2D eigenvalue weighted by Crippen LogP contribution is 2.24. The van der Waals surface area contributed by atoms with Crippen LogP contribution in [0.3, 0.4) is 0 Å². The van der Waals surface area contributed by atoms with E-state index in [4.69, 9.17) is 0 Å². The number of amides is 1. The van der Waals surface area contributed by atoms with Gasteiger partial charge in [-0.05, 0) is 37.3 Å². The van der Waals surface area contributed by atoms with Gasteiger partial charge in [0.15, 0.2) is 0 Å². The van der Waals surface area contributed by atoms with Gasteiger partial charge in [-0.2, -0.15) is 5.10 Å². The molecule has 1 aliphatic rings. The Morgan fingerprint density at radius 2 is 2.08 bits per heavy atom. The molecule has 1 unspecified atom stereocenters. The molecule has 9 heteroatoms. The Balaban J connectivity index is 1.41. The van der Waals surface area contributed by atoms with Gasteiger partial charge in [0.2, 0.25) is 0 Å². The minimum atomic E-state index is -0.670. The Labute approximate surface area is 148 Å². The number of hydrogen-bond donors (Lipinski definition) is 2. The van der Waals surface area contributed by atoms with E-state index in [-0.39, 0.29) is 17.8 Å². The molecule has 8 nitrogen and oxygen atoms in total. The van der Waals surface area contributed by atoms with Gasteiger partial charge in [-0.3, -0.25) is 9.89 Å². The molecule has 1 atom stereocenters. The molecule has 3 aromatic rings. The maximum atomic E-state index is 13.0. The van der Waals surface area contributed by atoms with Crippen LogP contribution in [0.2, 0.25) is 0 Å². The van der Waals surface area contributed by atoms with Crippen LogP contribution in [0.25, 0.3) is 11.3 Å². The molecule has 3 heterocycles. The summed E-state index contributed by atoms with van der Waals surface area (Å²) in [5, 5.41) is 24.3. The Kier molecular flexibility index (Phi) is 4.00. The van der Waals surface area contributed by atoms with Crippen molar-refractivity contribution in [2.45, 2.75) is 19.1 Å². The lowest BCUT2D eigenvalue weighted by molar-refractivity contribution is 0.0492. The predicted octanol–water partition coefficient (Wildman–Crippen LogP) is 1.56. The summed E-state index contributed by atoms with van der Waals surface area (Å²) in [6.45, 7) is 2.64. The lowest BCUT2D eigenvalue weighted by atomic mass is 10.1. The first-order valence-corrected chi connectivity index (χ1v) is 8.21. The second-order valence-electron chi connectivity index (χ2n) is 6.34. The first kappa shape index (κ1) is 16.4. The Bertz CT molecular complexity index is 927. The van der Waals surface area contributed by atoms with Crippen molar-refractivity contribution >= 4 is 5.91 Å². The molecule has 26 heavy (non-hydrogen) atoms. The summed E-state index contributed by atoms with van der Waals surface area (Å²) in [4.78, 5) is 14.2. The molecule has 0 saturated carbocycles. The van der Waals surface area contributed by atoms with Gasteiger partial charge in [0.1, 0.15) is 17.2 Å². The smallest absolute Gasteiger partial charge is 0.272 e. The normalized spacial score (nSPS) is 15.7. The highest BCUT2D eigenvalue weighted by molar-refractivity contribution is 5.94. The Morgan fingerprint density at radius 1 is 1.35 bits per heavy atom. The number of aromatic nitrogens is 5. The number of aliphatic hydroxyl groups excluding tert-OH is 1. The molecule has 0 spiro atoms. The number of carbonyl (C=O) groups excluding carboxylic acids is 1. The van der Waals surface area contributed by atoms with Crippen LogP contribution >= 0.6 is 0 Å². The van der Waals surface area contributed by atoms with E-state index in [9.17, 15) is 14.3 Å². The van der Waals surface area contributed by atoms with Crippen molar-refractivity contribution < 1.29 is 14.3 Å². The average molecular weight is 356 g/mol. The van der Waals surface area contributed by atoms with Crippen LogP contribution < -0.4 is 0 Å². The number of carbonyl (C=O) groups is 1. The highest BCUT2D eigenvalue weighted by Gasteiger charge is 2.34. The average Bonchev–Trinajstić information content (AvgIpc) is 3.23. The van der Waals surface area contributed by atoms with E-state index in [1.807, 2.05) is 0 Å². The Hall–Kier alpha value is -3.07. The summed E-state index contributed by atoms with van der Waals surface area (Å²) >= 11 is 0. The summed E-state index contributed by atoms with van der Waals surface area (Å²) in [5.41, 5.74) is 2.21. The molecule has 1 aliphatic heterocycles. The zero-order valence-corrected chi connectivity index (χ0v) is 14.0. The molecule has 0 aliphatic carbocycles. The molecule has 1 fully saturated rings. The maximum Gasteiger partial charge on any atom is 0.272 e. The van der Waals surface area contributed by atoms with Crippen molar-refractivity contribution in [3.05, 3.63) is 53.7 Å². The lowest BCUT2D eigenvalue weighted by Crippen LogP contribution is -2.51. The molecular weight excluding hydrogens is 339 g/mol. The third-order valence-electron chi connectivity index (χ3n) is 4.43. The third-order valence-corrected chi connectivity index (χ3v) is 4.43. The summed E-state index contributed by atoms with van der Waals surface area (Å²) in [6.07, 6.45) is 1.02. The number of nitrogens with one attached hydrogen (secondary N) is 1. The first-order chi connectivity index (χ1) is 12.5. The van der Waals surface area contributed by atoms with E-state index in [0.717, 1.165) is 5.56 Å². The predicted molar refractivity (Wildman–Crippen MR) is 89.6 cm³/mol. The highest BCUT2D eigenvalue weighted by atomic mass is 19.1. The van der Waals surface area contributed by atoms with Gasteiger partial charge in [-0.25, -0.2) is 9.07 Å². The lowest BCUT2D eigenvalue weighted by Gasteiger charge is -2.38. The largest absolute Gasteiger partial charge is 0.387 e. The monoisotopic (exact) mass is 356 g/mol. The molecule has 0 radical (unpaired) electrons. The van der Waals surface area contributed by atoms with Crippen LogP contribution in [0.1, 0.15) is 35.3 Å². The number of H-pyrrole nitrogens is 1. The van der Waals surface area contributed by atoms with Gasteiger partial charge >= 0.3 is 0 Å². The van der Waals surface area contributed by atoms with Gasteiger partial charge in [0.25, 0.3) is 5.91 Å². The van der Waals surface area contributed by atoms with Crippen molar-refractivity contribution in [1.29, 1.82) is 0 Å². The van der Waals surface area contributed by atoms with E-state index in [1.54, 1.807) is 40.9 Å². The fraction of sp³-hybridized carbons (Fsp3) is 0.294. The van der Waals surface area contributed by atoms with Crippen LogP contribution in [0.5, 0.6) is 0 Å². The first-order valence-electron chi connectivity index (χ1n) is 8.21. The topological polar surface area (TPSA) is 99.9 Å². The van der Waals surface area contributed by atoms with Crippen molar-refractivity contribution in [2.24, 2.45) is 0 Å². The van der Waals surface area contributed by atoms with E-state index < -0.39 is 6.10 Å². The third kappa shape index (κ3) is 2.97. The van der Waals surface area contributed by atoms with E-state index in [0.29, 0.717) is 30.2 Å². The molecular formula is C17H17FN6O2. The quantitative estimate of drug-likeness (QED) is 0.739. The van der Waals surface area contributed by atoms with Gasteiger partial charge in [-0.15, -0.1) is 5.10 Å². The summed E-state index contributed by atoms with van der Waals surface area (Å²) in [5.74, 6) is -0.475. The van der Waals surface area contributed by atoms with Crippen molar-refractivity contribution in [2.75, 3.05) is 13.1 Å². The van der Waals surface area contributed by atoms with Gasteiger partial charge < -0.3 is 10.0 Å². The number of benzene rings is 1. The molecule has 1 amide bonds. The molecule has 2 aromatic heterocycles. The molecule has 0 bridgehead atoms. The van der Waals surface area contributed by atoms with Crippen LogP contribution in [-0.4, -0.2) is 54.2 Å². The summed E-state index contributed by atoms with van der Waals surface area (Å²) in [6, 6.07) is 7.63. The van der Waals surface area contributed by atoms with Gasteiger partial charge in [0.05, 0.1) is 24.0 Å². The van der Waals surface area contributed by atoms with Gasteiger partial charge in [0, 0.05) is 18.7 Å². The molecule has 1 aromatic carbocycles. The zero-order valence-electron chi connectivity index (χ0n) is 14.0. The second-order valence-corrected chi connectivity index (χ2v) is 6.34. The Morgan fingerprint density at radius 3 is 2.73 bits per heavy atom. The standard InChI is InChI=1S/C17H17FN6O2/c1-10(25)16-9-24(22-21-16)13-7-23(8-13)17(26)15-6-14(19-20-15)11-2-4-12(18)5-3-11/h2-6,9-10,13,25H,7-8H2,1H3,(H,19,20). The van der Waals surface area contributed by atoms with Crippen molar-refractivity contribution in [3.8, 4) is 11.3 Å². The van der Waals surface area contributed by atoms with Crippen molar-refractivity contribution in [1.82, 2.24) is 30.1 Å². The second kappa shape index (κ2) is 6.34. The number of hydrogen-bond acceptors (Lipinski definition) is 5. The molecule has 1 saturated heterocycles. The number of halogens is 1. The summed E-state index contributed by atoms with van der Waals surface area (Å²) in [7, 11) is 0. The minimum Gasteiger partial charge on any atom is -0.387 e. The molecule has 4 rings (SSSR count). The number of rotatable bonds is 4. The van der Waals surface area contributed by atoms with Crippen LogP contribution in [0.4, 0.5) is 4.39 Å². The van der Waals surface area contributed by atoms with Crippen molar-refractivity contribution in [3.63, 3.8) is 0 Å². The van der Waals surface area contributed by atoms with E-state index >= 15 is 0 Å². The maximum absolute atomic E-state index is 13.0. The number of nitrogens with zero attached hydrogens (tertiary/aromatic N) is 5. The van der Waals surface area contributed by atoms with Crippen LogP contribution in [0.15, 0.2) is 36.5 Å². The van der Waals surface area contributed by atoms with Crippen LogP contribution in [0, 0.1) is 5.82 Å².